The highest BCUT2D eigenvalue weighted by atomic mass is 16.3. The Hall–Kier alpha value is -0.860. The van der Waals surface area contributed by atoms with Crippen molar-refractivity contribution in [3.63, 3.8) is 0 Å². The Labute approximate surface area is 112 Å². The minimum absolute atomic E-state index is 0.0103. The lowest BCUT2D eigenvalue weighted by Gasteiger charge is -2.37. The van der Waals surface area contributed by atoms with Crippen LogP contribution in [0, 0.1) is 27.7 Å². The molecular formula is C16H27NO. The van der Waals surface area contributed by atoms with Crippen molar-refractivity contribution in [3.8, 4) is 0 Å². The maximum Gasteiger partial charge on any atom is 0.0787 e. The summed E-state index contributed by atoms with van der Waals surface area (Å²) in [4.78, 5) is 2.11. The van der Waals surface area contributed by atoms with E-state index < -0.39 is 5.60 Å². The Morgan fingerprint density at radius 3 is 1.67 bits per heavy atom. The van der Waals surface area contributed by atoms with Crippen molar-refractivity contribution in [3.05, 3.63) is 33.9 Å². The van der Waals surface area contributed by atoms with Crippen molar-refractivity contribution in [1.82, 2.24) is 4.90 Å². The third-order valence-electron chi connectivity index (χ3n) is 3.88. The molecule has 0 saturated heterocycles. The van der Waals surface area contributed by atoms with Crippen LogP contribution in [0.3, 0.4) is 0 Å². The van der Waals surface area contributed by atoms with Gasteiger partial charge < -0.3 is 5.11 Å². The van der Waals surface area contributed by atoms with Crippen molar-refractivity contribution in [2.75, 3.05) is 14.1 Å². The maximum atomic E-state index is 10.5. The molecule has 0 aliphatic heterocycles. The standard InChI is InChI=1S/C16H27NO/c1-10-9-11(2)13(4)14(12(10)3)15(17(7)8)16(5,6)18/h9,15,18H,1-8H3. The molecule has 0 aliphatic rings. The van der Waals surface area contributed by atoms with Gasteiger partial charge in [0.2, 0.25) is 0 Å². The van der Waals surface area contributed by atoms with Gasteiger partial charge in [0.1, 0.15) is 0 Å². The van der Waals surface area contributed by atoms with E-state index >= 15 is 0 Å². The molecule has 1 rings (SSSR count). The second-order valence-corrected chi connectivity index (χ2v) is 6.19. The summed E-state index contributed by atoms with van der Waals surface area (Å²) >= 11 is 0. The summed E-state index contributed by atoms with van der Waals surface area (Å²) < 4.78 is 0. The number of aliphatic hydroxyl groups is 1. The zero-order valence-electron chi connectivity index (χ0n) is 13.0. The fourth-order valence-electron chi connectivity index (χ4n) is 2.90. The van der Waals surface area contributed by atoms with E-state index in [4.69, 9.17) is 0 Å². The lowest BCUT2D eigenvalue weighted by Crippen LogP contribution is -2.39. The Bertz CT molecular complexity index is 415. The number of aryl methyl sites for hydroxylation is 2. The zero-order valence-corrected chi connectivity index (χ0v) is 13.0. The Kier molecular flexibility index (Phi) is 4.24. The number of hydrogen-bond donors (Lipinski definition) is 1. The summed E-state index contributed by atoms with van der Waals surface area (Å²) in [5.74, 6) is 0. The van der Waals surface area contributed by atoms with Gasteiger partial charge in [-0.2, -0.15) is 0 Å². The first-order chi connectivity index (χ1) is 8.07. The van der Waals surface area contributed by atoms with Crippen LogP contribution in [-0.2, 0) is 0 Å². The van der Waals surface area contributed by atoms with Gasteiger partial charge in [-0.1, -0.05) is 6.07 Å². The lowest BCUT2D eigenvalue weighted by molar-refractivity contribution is -0.00374. The molecule has 0 radical (unpaired) electrons. The minimum atomic E-state index is -0.765. The SMILES string of the molecule is Cc1cc(C)c(C)c(C(N(C)C)C(C)(C)O)c1C. The highest BCUT2D eigenvalue weighted by Crippen LogP contribution is 2.36. The van der Waals surface area contributed by atoms with Gasteiger partial charge in [0, 0.05) is 0 Å². The summed E-state index contributed by atoms with van der Waals surface area (Å²) in [6.45, 7) is 12.4. The molecule has 1 N–H and O–H groups in total. The Morgan fingerprint density at radius 2 is 1.39 bits per heavy atom. The largest absolute Gasteiger partial charge is 0.388 e. The molecule has 2 nitrogen and oxygen atoms in total. The van der Waals surface area contributed by atoms with Gasteiger partial charge in [-0.25, -0.2) is 0 Å². The third-order valence-corrected chi connectivity index (χ3v) is 3.88. The summed E-state index contributed by atoms with van der Waals surface area (Å²) in [6.07, 6.45) is 0. The minimum Gasteiger partial charge on any atom is -0.388 e. The summed E-state index contributed by atoms with van der Waals surface area (Å²) in [6, 6.07) is 2.24. The van der Waals surface area contributed by atoms with Crippen LogP contribution in [0.5, 0.6) is 0 Å². The van der Waals surface area contributed by atoms with Crippen molar-refractivity contribution in [1.29, 1.82) is 0 Å². The van der Waals surface area contributed by atoms with Crippen LogP contribution in [0.4, 0.5) is 0 Å². The van der Waals surface area contributed by atoms with Gasteiger partial charge in [0.25, 0.3) is 0 Å². The first-order valence-electron chi connectivity index (χ1n) is 6.53. The molecule has 2 heteroatoms. The second-order valence-electron chi connectivity index (χ2n) is 6.19. The predicted octanol–water partition coefficient (Wildman–Crippen LogP) is 3.29. The van der Waals surface area contributed by atoms with Crippen molar-refractivity contribution in [2.45, 2.75) is 53.2 Å². The van der Waals surface area contributed by atoms with E-state index in [2.05, 4.69) is 38.7 Å². The fourth-order valence-corrected chi connectivity index (χ4v) is 2.90. The number of benzene rings is 1. The molecule has 18 heavy (non-hydrogen) atoms. The first kappa shape index (κ1) is 15.2. The van der Waals surface area contributed by atoms with Crippen molar-refractivity contribution >= 4 is 0 Å². The molecule has 0 bridgehead atoms. The van der Waals surface area contributed by atoms with Crippen LogP contribution < -0.4 is 0 Å². The van der Waals surface area contributed by atoms with Crippen LogP contribution in [0.2, 0.25) is 0 Å². The molecule has 102 valence electrons. The van der Waals surface area contributed by atoms with Crippen LogP contribution in [0.25, 0.3) is 0 Å². The molecule has 1 atom stereocenters. The zero-order chi connectivity index (χ0) is 14.2. The molecule has 0 amide bonds. The molecule has 0 saturated carbocycles. The van der Waals surface area contributed by atoms with Gasteiger partial charge >= 0.3 is 0 Å². The van der Waals surface area contributed by atoms with Crippen molar-refractivity contribution in [2.24, 2.45) is 0 Å². The normalized spacial score (nSPS) is 14.1. The molecular weight excluding hydrogens is 222 g/mol. The third kappa shape index (κ3) is 2.76. The van der Waals surface area contributed by atoms with E-state index in [0.29, 0.717) is 0 Å². The smallest absolute Gasteiger partial charge is 0.0787 e. The highest BCUT2D eigenvalue weighted by molar-refractivity contribution is 5.46. The molecule has 0 fully saturated rings. The monoisotopic (exact) mass is 249 g/mol. The van der Waals surface area contributed by atoms with Crippen molar-refractivity contribution < 1.29 is 5.11 Å². The molecule has 1 unspecified atom stereocenters. The number of hydrogen-bond acceptors (Lipinski definition) is 2. The second kappa shape index (κ2) is 5.02. The number of rotatable bonds is 3. The molecule has 0 heterocycles. The maximum absolute atomic E-state index is 10.5. The van der Waals surface area contributed by atoms with E-state index in [9.17, 15) is 5.11 Å². The van der Waals surface area contributed by atoms with E-state index in [1.165, 1.54) is 27.8 Å². The average Bonchev–Trinajstić information content (AvgIpc) is 2.19. The van der Waals surface area contributed by atoms with Gasteiger partial charge in [-0.15, -0.1) is 0 Å². The van der Waals surface area contributed by atoms with Crippen LogP contribution in [-0.4, -0.2) is 29.7 Å². The molecule has 0 aliphatic carbocycles. The highest BCUT2D eigenvalue weighted by Gasteiger charge is 2.33. The molecule has 1 aromatic rings. The van der Waals surface area contributed by atoms with Crippen LogP contribution in [0.15, 0.2) is 6.07 Å². The average molecular weight is 249 g/mol. The van der Waals surface area contributed by atoms with Gasteiger partial charge in [-0.3, -0.25) is 4.90 Å². The Morgan fingerprint density at radius 1 is 1.00 bits per heavy atom. The van der Waals surface area contributed by atoms with E-state index in [1.54, 1.807) is 0 Å². The van der Waals surface area contributed by atoms with Gasteiger partial charge in [0.15, 0.2) is 0 Å². The topological polar surface area (TPSA) is 23.5 Å². The van der Waals surface area contributed by atoms with Crippen LogP contribution >= 0.6 is 0 Å². The van der Waals surface area contributed by atoms with Gasteiger partial charge in [0.05, 0.1) is 11.6 Å². The quantitative estimate of drug-likeness (QED) is 0.888. The number of nitrogens with zero attached hydrogens (tertiary/aromatic N) is 1. The lowest BCUT2D eigenvalue weighted by atomic mass is 9.82. The summed E-state index contributed by atoms with van der Waals surface area (Å²) in [7, 11) is 4.05. The molecule has 1 aromatic carbocycles. The van der Waals surface area contributed by atoms with E-state index in [1.807, 2.05) is 27.9 Å². The first-order valence-corrected chi connectivity index (χ1v) is 6.53. The molecule has 0 aromatic heterocycles. The predicted molar refractivity (Wildman–Crippen MR) is 78.1 cm³/mol. The van der Waals surface area contributed by atoms with Crippen LogP contribution in [0.1, 0.15) is 47.7 Å². The van der Waals surface area contributed by atoms with E-state index in [0.717, 1.165) is 0 Å². The fraction of sp³-hybridized carbons (Fsp3) is 0.625. The Balaban J connectivity index is 3.56. The van der Waals surface area contributed by atoms with Gasteiger partial charge in [-0.05, 0) is 83.5 Å². The summed E-state index contributed by atoms with van der Waals surface area (Å²) in [5, 5.41) is 10.5. The molecule has 0 spiro atoms. The number of likely N-dealkylation sites (N-methyl/N-ethyl adjacent to an activating group) is 1. The van der Waals surface area contributed by atoms with E-state index in [-0.39, 0.29) is 6.04 Å². The summed E-state index contributed by atoms with van der Waals surface area (Å²) in [5.41, 5.74) is 5.68.